The Morgan fingerprint density at radius 1 is 1.12 bits per heavy atom. The van der Waals surface area contributed by atoms with E-state index >= 15 is 0 Å². The van der Waals surface area contributed by atoms with E-state index in [9.17, 15) is 14.4 Å². The van der Waals surface area contributed by atoms with Crippen LogP contribution in [-0.2, 0) is 4.79 Å². The summed E-state index contributed by atoms with van der Waals surface area (Å²) in [6.07, 6.45) is -1.28. The van der Waals surface area contributed by atoms with Gasteiger partial charge in [0.05, 0.1) is 5.56 Å². The molecule has 0 saturated carbocycles. The number of benzene rings is 1. The number of nitrogens with one attached hydrogen (secondary N) is 2. The predicted octanol–water partition coefficient (Wildman–Crippen LogP) is 3.11. The van der Waals surface area contributed by atoms with Crippen molar-refractivity contribution in [1.29, 1.82) is 0 Å². The number of anilines is 1. The number of hydrogen-bond acceptors (Lipinski definition) is 4. The zero-order valence-electron chi connectivity index (χ0n) is 13.6. The molecule has 0 aliphatic heterocycles. The molecule has 1 heterocycles. The van der Waals surface area contributed by atoms with Crippen molar-refractivity contribution < 1.29 is 19.5 Å². The minimum atomic E-state index is -1.28. The monoisotopic (exact) mass is 346 g/mol. The molecule has 6 nitrogen and oxygen atoms in total. The third-order valence-corrected chi connectivity index (χ3v) is 4.78. The number of ketones is 1. The molecular formula is C17H18N2O4S. The third kappa shape index (κ3) is 3.80. The summed E-state index contributed by atoms with van der Waals surface area (Å²) in [5.74, 6) is -0.672. The first-order valence-corrected chi connectivity index (χ1v) is 8.10. The second-order valence-corrected chi connectivity index (χ2v) is 6.56. The lowest BCUT2D eigenvalue weighted by atomic mass is 9.97. The van der Waals surface area contributed by atoms with Crippen LogP contribution in [0.4, 0.5) is 9.80 Å². The van der Waals surface area contributed by atoms with Gasteiger partial charge in [-0.3, -0.25) is 9.59 Å². The van der Waals surface area contributed by atoms with Crippen LogP contribution < -0.4 is 10.6 Å². The normalized spacial score (nSPS) is 10.3. The maximum Gasteiger partial charge on any atom is 0.405 e. The largest absolute Gasteiger partial charge is 0.465 e. The highest BCUT2D eigenvalue weighted by Gasteiger charge is 2.23. The van der Waals surface area contributed by atoms with Crippen molar-refractivity contribution in [2.24, 2.45) is 0 Å². The molecule has 0 fully saturated rings. The summed E-state index contributed by atoms with van der Waals surface area (Å²) in [5, 5.41) is 13.6. The molecule has 2 amide bonds. The zero-order valence-corrected chi connectivity index (χ0v) is 14.4. The van der Waals surface area contributed by atoms with Gasteiger partial charge in [-0.1, -0.05) is 24.3 Å². The second kappa shape index (κ2) is 7.27. The van der Waals surface area contributed by atoms with Crippen LogP contribution in [0.15, 0.2) is 24.3 Å². The van der Waals surface area contributed by atoms with Gasteiger partial charge >= 0.3 is 6.09 Å². The Morgan fingerprint density at radius 3 is 2.42 bits per heavy atom. The number of carbonyl (C=O) groups is 3. The smallest absolute Gasteiger partial charge is 0.405 e. The van der Waals surface area contributed by atoms with Gasteiger partial charge in [-0.15, -0.1) is 11.3 Å². The van der Waals surface area contributed by atoms with Crippen molar-refractivity contribution in [3.8, 4) is 0 Å². The quantitative estimate of drug-likeness (QED) is 0.725. The first-order chi connectivity index (χ1) is 11.3. The van der Waals surface area contributed by atoms with E-state index in [2.05, 4.69) is 5.32 Å². The maximum atomic E-state index is 12.9. The fourth-order valence-electron chi connectivity index (χ4n) is 2.28. The first-order valence-electron chi connectivity index (χ1n) is 7.28. The van der Waals surface area contributed by atoms with E-state index in [0.717, 1.165) is 16.0 Å². The number of hydrogen-bond donors (Lipinski definition) is 3. The Labute approximate surface area is 143 Å². The van der Waals surface area contributed by atoms with Crippen LogP contribution in [0.5, 0.6) is 0 Å². The number of carbonyl (C=O) groups excluding carboxylic acids is 2. The molecule has 0 spiro atoms. The van der Waals surface area contributed by atoms with Gasteiger partial charge in [0.1, 0.15) is 11.5 Å². The molecule has 2 aromatic rings. The van der Waals surface area contributed by atoms with Crippen molar-refractivity contribution in [1.82, 2.24) is 5.32 Å². The van der Waals surface area contributed by atoms with Crippen LogP contribution in [0, 0.1) is 20.8 Å². The SMILES string of the molecule is Cc1ccccc1C(=O)c1c(NC(=O)CNC(=O)O)sc(C)c1C. The van der Waals surface area contributed by atoms with E-state index in [-0.39, 0.29) is 12.3 Å². The summed E-state index contributed by atoms with van der Waals surface area (Å²) in [6.45, 7) is 5.20. The molecule has 24 heavy (non-hydrogen) atoms. The van der Waals surface area contributed by atoms with Crippen LogP contribution in [0.3, 0.4) is 0 Å². The zero-order chi connectivity index (χ0) is 17.9. The van der Waals surface area contributed by atoms with E-state index in [1.807, 2.05) is 38.2 Å². The van der Waals surface area contributed by atoms with Gasteiger partial charge in [-0.25, -0.2) is 4.79 Å². The second-order valence-electron chi connectivity index (χ2n) is 5.34. The first kappa shape index (κ1) is 17.7. The highest BCUT2D eigenvalue weighted by Crippen LogP contribution is 2.34. The highest BCUT2D eigenvalue weighted by molar-refractivity contribution is 7.16. The lowest BCUT2D eigenvalue weighted by Gasteiger charge is -2.09. The van der Waals surface area contributed by atoms with Gasteiger partial charge in [0.25, 0.3) is 0 Å². The number of thiophene rings is 1. The number of aryl methyl sites for hydroxylation is 2. The fraction of sp³-hybridized carbons (Fsp3) is 0.235. The van der Waals surface area contributed by atoms with Crippen LogP contribution in [0.25, 0.3) is 0 Å². The summed E-state index contributed by atoms with van der Waals surface area (Å²) in [5.41, 5.74) is 2.71. The molecule has 0 aliphatic carbocycles. The average molecular weight is 346 g/mol. The van der Waals surface area contributed by atoms with Crippen LogP contribution in [0.2, 0.25) is 0 Å². The van der Waals surface area contributed by atoms with Gasteiger partial charge in [0.15, 0.2) is 5.78 Å². The molecule has 1 aromatic heterocycles. The van der Waals surface area contributed by atoms with Crippen molar-refractivity contribution in [2.45, 2.75) is 20.8 Å². The fourth-order valence-corrected chi connectivity index (χ4v) is 3.35. The molecule has 0 bridgehead atoms. The van der Waals surface area contributed by atoms with E-state index in [4.69, 9.17) is 5.11 Å². The van der Waals surface area contributed by atoms with Crippen molar-refractivity contribution in [2.75, 3.05) is 11.9 Å². The van der Waals surface area contributed by atoms with E-state index < -0.39 is 12.0 Å². The minimum Gasteiger partial charge on any atom is -0.465 e. The van der Waals surface area contributed by atoms with Crippen LogP contribution >= 0.6 is 11.3 Å². The maximum absolute atomic E-state index is 12.9. The minimum absolute atomic E-state index is 0.156. The van der Waals surface area contributed by atoms with Crippen LogP contribution in [0.1, 0.15) is 31.9 Å². The van der Waals surface area contributed by atoms with Crippen LogP contribution in [-0.4, -0.2) is 29.4 Å². The lowest BCUT2D eigenvalue weighted by molar-refractivity contribution is -0.115. The number of rotatable bonds is 5. The van der Waals surface area contributed by atoms with E-state index in [0.29, 0.717) is 16.1 Å². The molecule has 126 valence electrons. The predicted molar refractivity (Wildman–Crippen MR) is 93.1 cm³/mol. The van der Waals surface area contributed by atoms with Gasteiger partial charge in [0.2, 0.25) is 5.91 Å². The summed E-state index contributed by atoms with van der Waals surface area (Å²) in [6, 6.07) is 7.26. The standard InChI is InChI=1S/C17H18N2O4S/c1-9-6-4-5-7-12(9)15(21)14-10(2)11(3)24-16(14)19-13(20)8-18-17(22)23/h4-7,18H,8H2,1-3H3,(H,19,20)(H,22,23). The van der Waals surface area contributed by atoms with E-state index in [1.165, 1.54) is 11.3 Å². The Balaban J connectivity index is 2.33. The van der Waals surface area contributed by atoms with Gasteiger partial charge in [-0.2, -0.15) is 0 Å². The lowest BCUT2D eigenvalue weighted by Crippen LogP contribution is -2.31. The summed E-state index contributed by atoms with van der Waals surface area (Å²) in [7, 11) is 0. The summed E-state index contributed by atoms with van der Waals surface area (Å²) < 4.78 is 0. The van der Waals surface area contributed by atoms with Gasteiger partial charge < -0.3 is 15.7 Å². The Bertz CT molecular complexity index is 811. The molecule has 3 N–H and O–H groups in total. The summed E-state index contributed by atoms with van der Waals surface area (Å²) >= 11 is 1.30. The van der Waals surface area contributed by atoms with Crippen molar-refractivity contribution >= 4 is 34.1 Å². The Hall–Kier alpha value is -2.67. The molecule has 0 aliphatic rings. The molecule has 2 rings (SSSR count). The molecular weight excluding hydrogens is 328 g/mol. The topological polar surface area (TPSA) is 95.5 Å². The number of carboxylic acid groups (broad SMARTS) is 1. The summed E-state index contributed by atoms with van der Waals surface area (Å²) in [4.78, 5) is 36.2. The third-order valence-electron chi connectivity index (χ3n) is 3.66. The van der Waals surface area contributed by atoms with Gasteiger partial charge in [0, 0.05) is 10.4 Å². The highest BCUT2D eigenvalue weighted by atomic mass is 32.1. The average Bonchev–Trinajstić information content (AvgIpc) is 2.79. The molecule has 0 radical (unpaired) electrons. The molecule has 0 unspecified atom stereocenters. The Kier molecular flexibility index (Phi) is 5.35. The van der Waals surface area contributed by atoms with E-state index in [1.54, 1.807) is 12.1 Å². The number of amides is 2. The molecule has 7 heteroatoms. The van der Waals surface area contributed by atoms with Gasteiger partial charge in [-0.05, 0) is 31.9 Å². The van der Waals surface area contributed by atoms with Crippen molar-refractivity contribution in [3.05, 3.63) is 51.4 Å². The molecule has 0 saturated heterocycles. The molecule has 0 atom stereocenters. The van der Waals surface area contributed by atoms with Crippen molar-refractivity contribution in [3.63, 3.8) is 0 Å². The Morgan fingerprint density at radius 2 is 1.79 bits per heavy atom. The molecule has 1 aromatic carbocycles.